The Kier molecular flexibility index (Phi) is 99.7. The molecule has 0 saturated heterocycles. The fourth-order valence-electron chi connectivity index (χ4n) is 0.0680. The Hall–Kier alpha value is 3.78. The van der Waals surface area contributed by atoms with Crippen molar-refractivity contribution in [1.82, 2.24) is 0 Å². The first-order valence-corrected chi connectivity index (χ1v) is 3.67. The zero-order valence-corrected chi connectivity index (χ0v) is 17.8. The van der Waals surface area contributed by atoms with E-state index >= 15 is 0 Å². The van der Waals surface area contributed by atoms with Crippen LogP contribution in [0.3, 0.4) is 0 Å². The van der Waals surface area contributed by atoms with E-state index in [0.717, 1.165) is 0 Å². The number of hydrogen-bond acceptors (Lipinski definition) is 5. The Morgan fingerprint density at radius 1 is 1.00 bits per heavy atom. The van der Waals surface area contributed by atoms with Crippen LogP contribution in [0.2, 0.25) is 0 Å². The van der Waals surface area contributed by atoms with Gasteiger partial charge in [-0.05, 0) is 0 Å². The van der Waals surface area contributed by atoms with Crippen LogP contribution in [0, 0.1) is 0 Å². The molecule has 0 aliphatic rings. The first kappa shape index (κ1) is 43.7. The monoisotopic (exact) mass is 301 g/mol. The second kappa shape index (κ2) is 29.7. The quantitative estimate of drug-likeness (QED) is 0.464. The minimum Gasteiger partial charge on any atom is -0.570 e. The van der Waals surface area contributed by atoms with Gasteiger partial charge in [-0.2, -0.15) is 0 Å². The van der Waals surface area contributed by atoms with Crippen LogP contribution < -0.4 is 9.59 Å². The molecule has 13 heavy (non-hydrogen) atoms. The van der Waals surface area contributed by atoms with Crippen molar-refractivity contribution in [2.75, 3.05) is 0 Å². The molecule has 0 aromatic carbocycles. The summed E-state index contributed by atoms with van der Waals surface area (Å²) in [5.74, 6) is 0. The Morgan fingerprint density at radius 2 is 1.15 bits per heavy atom. The van der Waals surface area contributed by atoms with Gasteiger partial charge in [0.1, 0.15) is 0 Å². The molecule has 0 aliphatic carbocycles. The second-order valence-corrected chi connectivity index (χ2v) is 2.42. The van der Waals surface area contributed by atoms with Gasteiger partial charge < -0.3 is 33.6 Å². The summed E-state index contributed by atoms with van der Waals surface area (Å²) < 4.78 is 21.8. The van der Waals surface area contributed by atoms with Gasteiger partial charge in [0.15, 0.2) is 0 Å². The summed E-state index contributed by atoms with van der Waals surface area (Å²) in [6.45, 7) is 0. The van der Waals surface area contributed by atoms with Gasteiger partial charge in [-0.3, -0.25) is 0 Å². The molecule has 0 fully saturated rings. The average Bonchev–Trinajstić information content (AvgIpc) is 1.27. The largest absolute Gasteiger partial charge is 0.570 e. The molecule has 0 saturated carbocycles. The van der Waals surface area contributed by atoms with Crippen molar-refractivity contribution >= 4 is 154 Å². The van der Waals surface area contributed by atoms with Crippen molar-refractivity contribution in [3.63, 3.8) is 0 Å². The normalized spacial score (nSPS) is 4.00. The van der Waals surface area contributed by atoms with E-state index in [1.54, 1.807) is 0 Å². The maximum Gasteiger partial charge on any atom is 0.410 e. The maximum atomic E-state index is 9.29. The van der Waals surface area contributed by atoms with Crippen LogP contribution in [0.1, 0.15) is 0 Å². The van der Waals surface area contributed by atoms with Crippen molar-refractivity contribution < 1.29 is 33.6 Å². The summed E-state index contributed by atoms with van der Waals surface area (Å²) in [5, 5.41) is 0. The molecule has 0 spiro atoms. The van der Waals surface area contributed by atoms with Gasteiger partial charge in [0.05, 0.1) is 0 Å². The number of hydrogen-bond donors (Lipinski definition) is 0. The third kappa shape index (κ3) is 49.5. The van der Waals surface area contributed by atoms with Crippen LogP contribution in [-0.2, 0) is 13.0 Å². The minimum atomic E-state index is -3.51. The van der Waals surface area contributed by atoms with Crippen LogP contribution in [0.5, 0.6) is 0 Å². The Bertz CT molecular complexity index is 103. The molecule has 0 aromatic heterocycles. The van der Waals surface area contributed by atoms with Crippen LogP contribution in [0.25, 0.3) is 0 Å². The third-order valence-corrected chi connectivity index (χ3v) is 1.50. The smallest absolute Gasteiger partial charge is 0.410 e. The van der Waals surface area contributed by atoms with Gasteiger partial charge in [-0.25, -0.2) is 0 Å². The molecule has 7 radical (unpaired) electrons. The molecule has 0 amide bonds. The van der Waals surface area contributed by atoms with Gasteiger partial charge in [-0.15, -0.1) is 0 Å². The molecular weight excluding hydrogens is 297 g/mol. The molecule has 63 valence electrons. The van der Waals surface area contributed by atoms with E-state index in [0.29, 0.717) is 0 Å². The summed E-state index contributed by atoms with van der Waals surface area (Å²) in [6, 6.07) is 0. The van der Waals surface area contributed by atoms with Gasteiger partial charge in [-0.1, -0.05) is 0 Å². The fraction of sp³-hybridized carbons (Fsp3) is 0. The summed E-state index contributed by atoms with van der Waals surface area (Å²) >= 11 is 0. The van der Waals surface area contributed by atoms with E-state index in [-0.39, 0.29) is 147 Å². The topological polar surface area (TPSA) is 152 Å². The van der Waals surface area contributed by atoms with E-state index in [1.165, 1.54) is 0 Å². The first-order valence-electron chi connectivity index (χ1n) is 1.22. The molecule has 13 heteroatoms. The summed E-state index contributed by atoms with van der Waals surface area (Å²) in [5.41, 5.74) is 0. The summed E-state index contributed by atoms with van der Waals surface area (Å²) in [4.78, 5) is 18.6. The molecule has 0 heterocycles. The summed E-state index contributed by atoms with van der Waals surface area (Å²) in [7, 11) is -7.03. The molecule has 0 unspecified atom stereocenters. The van der Waals surface area contributed by atoms with Crippen molar-refractivity contribution in [2.24, 2.45) is 0 Å². The van der Waals surface area contributed by atoms with Gasteiger partial charge >= 0.3 is 18.3 Å². The van der Waals surface area contributed by atoms with E-state index in [4.69, 9.17) is 0 Å². The Morgan fingerprint density at radius 3 is 1.15 bits per heavy atom. The van der Waals surface area contributed by atoms with E-state index < -0.39 is 18.3 Å². The minimum absolute atomic E-state index is 0. The summed E-state index contributed by atoms with van der Waals surface area (Å²) in [6.07, 6.45) is 0. The standard InChI is InChI=1S/Al.Ca.K.Na.O5Si2.2H2O/c;;;;1-6(2)5-7(3)4;;/h;;;;;2*1H2/q;;;;-2;;. The molecule has 7 nitrogen and oxygen atoms in total. The second-order valence-electron chi connectivity index (χ2n) is 0.602. The van der Waals surface area contributed by atoms with Crippen molar-refractivity contribution in [1.29, 1.82) is 0 Å². The van der Waals surface area contributed by atoms with E-state index in [1.807, 2.05) is 0 Å². The van der Waals surface area contributed by atoms with Gasteiger partial charge in [0.2, 0.25) is 0 Å². The van der Waals surface area contributed by atoms with Crippen molar-refractivity contribution in [3.05, 3.63) is 0 Å². The van der Waals surface area contributed by atoms with E-state index in [2.05, 4.69) is 4.12 Å². The predicted molar refractivity (Wildman–Crippen MR) is 44.2 cm³/mol. The van der Waals surface area contributed by atoms with Crippen molar-refractivity contribution in [2.45, 2.75) is 0 Å². The molecule has 0 aliphatic heterocycles. The molecular formula is H4AlCaKNaO7Si2-2. The SMILES string of the molecule is O.O.O=[Si]([O-])O[Si](=O)[O-].[Al].[Ca].[K].[Na]. The zero-order valence-electron chi connectivity index (χ0n) is 7.33. The zero-order chi connectivity index (χ0) is 5.86. The van der Waals surface area contributed by atoms with E-state index in [9.17, 15) is 18.5 Å². The van der Waals surface area contributed by atoms with Gasteiger partial charge in [0.25, 0.3) is 0 Å². The average molecular weight is 301 g/mol. The molecule has 0 rings (SSSR count). The van der Waals surface area contributed by atoms with Gasteiger partial charge in [0, 0.05) is 136 Å². The Labute approximate surface area is 183 Å². The van der Waals surface area contributed by atoms with Crippen LogP contribution in [-0.4, -0.2) is 165 Å². The maximum absolute atomic E-state index is 9.29. The Balaban J connectivity index is -0.0000000120. The molecule has 4 N–H and O–H groups in total. The molecule has 0 atom stereocenters. The third-order valence-electron chi connectivity index (χ3n) is 0.167. The van der Waals surface area contributed by atoms with Crippen LogP contribution >= 0.6 is 0 Å². The predicted octanol–water partition coefficient (Wildman–Crippen LogP) is -6.62. The fourth-order valence-corrected chi connectivity index (χ4v) is 0.612. The van der Waals surface area contributed by atoms with Crippen molar-refractivity contribution in [3.8, 4) is 0 Å². The molecule has 0 aromatic rings. The first-order chi connectivity index (χ1) is 3.13. The van der Waals surface area contributed by atoms with Crippen LogP contribution in [0.4, 0.5) is 0 Å². The number of rotatable bonds is 2. The molecule has 0 bridgehead atoms. The van der Waals surface area contributed by atoms with Crippen LogP contribution in [0.15, 0.2) is 0 Å².